The van der Waals surface area contributed by atoms with Crippen LogP contribution in [0.4, 0.5) is 0 Å². The lowest BCUT2D eigenvalue weighted by Gasteiger charge is -2.34. The third-order valence-corrected chi connectivity index (χ3v) is 4.97. The first-order chi connectivity index (χ1) is 8.34. The van der Waals surface area contributed by atoms with Crippen molar-refractivity contribution < 1.29 is 9.53 Å². The number of allylic oxidation sites excluding steroid dienone is 4. The lowest BCUT2D eigenvalue weighted by molar-refractivity contribution is -0.125. The molecule has 0 heterocycles. The molecule has 0 N–H and O–H groups in total. The Morgan fingerprint density at radius 3 is 2.28 bits per heavy atom. The van der Waals surface area contributed by atoms with Gasteiger partial charge in [0.2, 0.25) is 0 Å². The Bertz CT molecular complexity index is 436. The molecule has 0 atom stereocenters. The van der Waals surface area contributed by atoms with Gasteiger partial charge in [0, 0.05) is 10.8 Å². The molecular weight excluding hydrogens is 224 g/mol. The van der Waals surface area contributed by atoms with Crippen LogP contribution in [0.5, 0.6) is 0 Å². The summed E-state index contributed by atoms with van der Waals surface area (Å²) in [6, 6.07) is 0. The highest BCUT2D eigenvalue weighted by Gasteiger charge is 2.55. The maximum Gasteiger partial charge on any atom is 0.173 e. The average Bonchev–Trinajstić information content (AvgIpc) is 2.47. The molecule has 0 saturated carbocycles. The number of carbonyl (C=O) groups is 1. The topological polar surface area (TPSA) is 26.3 Å². The van der Waals surface area contributed by atoms with Crippen LogP contribution in [0.15, 0.2) is 23.0 Å². The fraction of sp³-hybridized carbons (Fsp3) is 0.688. The fourth-order valence-electron chi connectivity index (χ4n) is 3.01. The van der Waals surface area contributed by atoms with Crippen molar-refractivity contribution in [1.82, 2.24) is 0 Å². The van der Waals surface area contributed by atoms with Crippen LogP contribution in [0.3, 0.4) is 0 Å². The lowest BCUT2D eigenvalue weighted by Crippen LogP contribution is -2.35. The first-order valence-electron chi connectivity index (χ1n) is 6.87. The largest absolute Gasteiger partial charge is 0.500 e. The Balaban J connectivity index is 2.55. The molecular formula is C16H24O2. The van der Waals surface area contributed by atoms with Crippen molar-refractivity contribution in [2.24, 2.45) is 10.8 Å². The van der Waals surface area contributed by atoms with Crippen LogP contribution in [0, 0.1) is 10.8 Å². The molecule has 0 aromatic rings. The first kappa shape index (κ1) is 13.4. The zero-order chi connectivity index (χ0) is 13.6. The van der Waals surface area contributed by atoms with E-state index in [0.717, 1.165) is 24.2 Å². The molecule has 0 aliphatic heterocycles. The Morgan fingerprint density at radius 1 is 1.11 bits per heavy atom. The van der Waals surface area contributed by atoms with Crippen LogP contribution in [0.1, 0.15) is 53.4 Å². The van der Waals surface area contributed by atoms with Crippen molar-refractivity contribution in [2.75, 3.05) is 7.11 Å². The standard InChI is InChI=1S/C16H24O2/c1-15(2)13(17)12(11-9-7-6-8-10-11)14(18-5)16(15,3)4/h9H,6-8,10H2,1-5H3. The van der Waals surface area contributed by atoms with Gasteiger partial charge in [-0.15, -0.1) is 0 Å². The SMILES string of the molecule is COC1=C(C2=CCCCC2)C(=O)C(C)(C)C1(C)C. The van der Waals surface area contributed by atoms with Crippen LogP contribution < -0.4 is 0 Å². The minimum atomic E-state index is -0.383. The van der Waals surface area contributed by atoms with E-state index >= 15 is 0 Å². The monoisotopic (exact) mass is 248 g/mol. The summed E-state index contributed by atoms with van der Waals surface area (Å²) in [5.74, 6) is 1.13. The zero-order valence-corrected chi connectivity index (χ0v) is 12.2. The Kier molecular flexibility index (Phi) is 3.16. The van der Waals surface area contributed by atoms with E-state index in [9.17, 15) is 4.79 Å². The molecule has 2 nitrogen and oxygen atoms in total. The van der Waals surface area contributed by atoms with Crippen LogP contribution in [0.2, 0.25) is 0 Å². The molecule has 0 bridgehead atoms. The Hall–Kier alpha value is -1.05. The van der Waals surface area contributed by atoms with Gasteiger partial charge in [0.05, 0.1) is 12.7 Å². The van der Waals surface area contributed by atoms with Crippen molar-refractivity contribution in [1.29, 1.82) is 0 Å². The molecule has 0 amide bonds. The molecule has 2 aliphatic rings. The number of carbonyl (C=O) groups excluding carboxylic acids is 1. The predicted octanol–water partition coefficient (Wildman–Crippen LogP) is 4.02. The fourth-order valence-corrected chi connectivity index (χ4v) is 3.01. The normalized spacial score (nSPS) is 26.3. The van der Waals surface area contributed by atoms with Gasteiger partial charge in [0.15, 0.2) is 5.78 Å². The van der Waals surface area contributed by atoms with E-state index in [1.165, 1.54) is 18.4 Å². The number of Topliss-reactive ketones (excluding diaryl/α,β-unsaturated/α-hetero) is 1. The third-order valence-electron chi connectivity index (χ3n) is 4.97. The van der Waals surface area contributed by atoms with Gasteiger partial charge >= 0.3 is 0 Å². The van der Waals surface area contributed by atoms with Crippen molar-refractivity contribution in [3.63, 3.8) is 0 Å². The van der Waals surface area contributed by atoms with Crippen molar-refractivity contribution in [2.45, 2.75) is 53.4 Å². The Morgan fingerprint density at radius 2 is 1.78 bits per heavy atom. The van der Waals surface area contributed by atoms with Gasteiger partial charge in [-0.1, -0.05) is 33.8 Å². The van der Waals surface area contributed by atoms with Gasteiger partial charge in [0.1, 0.15) is 5.76 Å². The smallest absolute Gasteiger partial charge is 0.173 e. The second-order valence-electron chi connectivity index (χ2n) is 6.46. The highest BCUT2D eigenvalue weighted by Crippen LogP contribution is 2.55. The van der Waals surface area contributed by atoms with E-state index in [2.05, 4.69) is 19.9 Å². The molecule has 0 spiro atoms. The zero-order valence-electron chi connectivity index (χ0n) is 12.2. The van der Waals surface area contributed by atoms with Gasteiger partial charge in [0.25, 0.3) is 0 Å². The van der Waals surface area contributed by atoms with E-state index in [1.54, 1.807) is 7.11 Å². The molecule has 0 fully saturated rings. The average molecular weight is 248 g/mol. The minimum Gasteiger partial charge on any atom is -0.500 e. The molecule has 0 aromatic carbocycles. The first-order valence-corrected chi connectivity index (χ1v) is 6.87. The van der Waals surface area contributed by atoms with Crippen LogP contribution in [0.25, 0.3) is 0 Å². The summed E-state index contributed by atoms with van der Waals surface area (Å²) in [5, 5.41) is 0. The summed E-state index contributed by atoms with van der Waals surface area (Å²) in [6.45, 7) is 8.29. The molecule has 0 saturated heterocycles. The van der Waals surface area contributed by atoms with Crippen LogP contribution in [-0.2, 0) is 9.53 Å². The Labute approximate surface area is 110 Å². The minimum absolute atomic E-state index is 0.230. The number of ketones is 1. The maximum absolute atomic E-state index is 12.7. The number of methoxy groups -OCH3 is 1. The highest BCUT2D eigenvalue weighted by atomic mass is 16.5. The van der Waals surface area contributed by atoms with Crippen LogP contribution >= 0.6 is 0 Å². The van der Waals surface area contributed by atoms with Gasteiger partial charge in [-0.2, -0.15) is 0 Å². The quantitative estimate of drug-likeness (QED) is 0.737. The van der Waals surface area contributed by atoms with E-state index in [0.29, 0.717) is 0 Å². The molecule has 2 heteroatoms. The molecule has 100 valence electrons. The summed E-state index contributed by atoms with van der Waals surface area (Å²) >= 11 is 0. The summed E-state index contributed by atoms with van der Waals surface area (Å²) in [6.07, 6.45) is 6.75. The summed E-state index contributed by atoms with van der Waals surface area (Å²) < 4.78 is 5.62. The second kappa shape index (κ2) is 4.25. The van der Waals surface area contributed by atoms with Gasteiger partial charge in [-0.3, -0.25) is 4.79 Å². The summed E-state index contributed by atoms with van der Waals surface area (Å²) in [4.78, 5) is 12.7. The molecule has 0 aromatic heterocycles. The van der Waals surface area contributed by atoms with E-state index in [4.69, 9.17) is 4.74 Å². The lowest BCUT2D eigenvalue weighted by atomic mass is 9.69. The summed E-state index contributed by atoms with van der Waals surface area (Å²) in [5.41, 5.74) is 1.47. The third kappa shape index (κ3) is 1.65. The molecule has 18 heavy (non-hydrogen) atoms. The van der Waals surface area contributed by atoms with Gasteiger partial charge < -0.3 is 4.74 Å². The second-order valence-corrected chi connectivity index (χ2v) is 6.46. The summed E-state index contributed by atoms with van der Waals surface area (Å²) in [7, 11) is 1.69. The van der Waals surface area contributed by atoms with Gasteiger partial charge in [-0.25, -0.2) is 0 Å². The van der Waals surface area contributed by atoms with E-state index < -0.39 is 0 Å². The number of hydrogen-bond donors (Lipinski definition) is 0. The predicted molar refractivity (Wildman–Crippen MR) is 73.2 cm³/mol. The van der Waals surface area contributed by atoms with E-state index in [-0.39, 0.29) is 16.6 Å². The number of hydrogen-bond acceptors (Lipinski definition) is 2. The molecule has 0 radical (unpaired) electrons. The van der Waals surface area contributed by atoms with Crippen molar-refractivity contribution >= 4 is 5.78 Å². The number of ether oxygens (including phenoxy) is 1. The molecule has 0 unspecified atom stereocenters. The van der Waals surface area contributed by atoms with Crippen molar-refractivity contribution in [3.05, 3.63) is 23.0 Å². The highest BCUT2D eigenvalue weighted by molar-refractivity contribution is 6.07. The molecule has 2 rings (SSSR count). The van der Waals surface area contributed by atoms with Gasteiger partial charge in [-0.05, 0) is 31.3 Å². The molecule has 2 aliphatic carbocycles. The van der Waals surface area contributed by atoms with Crippen molar-refractivity contribution in [3.8, 4) is 0 Å². The maximum atomic E-state index is 12.7. The number of rotatable bonds is 2. The van der Waals surface area contributed by atoms with E-state index in [1.807, 2.05) is 13.8 Å². The van der Waals surface area contributed by atoms with Crippen LogP contribution in [-0.4, -0.2) is 12.9 Å².